The van der Waals surface area contributed by atoms with Gasteiger partial charge in [0, 0.05) is 16.9 Å². The molecule has 0 saturated carbocycles. The number of methoxy groups -OCH3 is 1. The van der Waals surface area contributed by atoms with Gasteiger partial charge in [0.25, 0.3) is 5.91 Å². The molecule has 29 heavy (non-hydrogen) atoms. The van der Waals surface area contributed by atoms with E-state index in [-0.39, 0.29) is 17.4 Å². The molecule has 0 aliphatic carbocycles. The van der Waals surface area contributed by atoms with Crippen LogP contribution in [0, 0.1) is 0 Å². The first kappa shape index (κ1) is 19.8. The van der Waals surface area contributed by atoms with E-state index in [4.69, 9.17) is 0 Å². The number of hydrogen-bond acceptors (Lipinski definition) is 6. The van der Waals surface area contributed by atoms with Gasteiger partial charge in [-0.2, -0.15) is 0 Å². The molecule has 0 atom stereocenters. The Morgan fingerprint density at radius 3 is 1.93 bits per heavy atom. The highest BCUT2D eigenvalue weighted by atomic mass is 16.5. The molecule has 0 aliphatic heterocycles. The second-order valence-electron chi connectivity index (χ2n) is 6.21. The number of nitrogens with one attached hydrogen (secondary N) is 2. The fraction of sp³-hybridized carbons (Fsp3) is 0.0909. The van der Waals surface area contributed by atoms with Crippen molar-refractivity contribution < 1.29 is 19.1 Å². The molecule has 1 heterocycles. The maximum Gasteiger partial charge on any atom is 0.337 e. The van der Waals surface area contributed by atoms with Crippen LogP contribution in [0.25, 0.3) is 0 Å². The number of ether oxygens (including phenoxy) is 1. The molecule has 0 fully saturated rings. The van der Waals surface area contributed by atoms with Crippen LogP contribution in [0.1, 0.15) is 38.1 Å². The van der Waals surface area contributed by atoms with Gasteiger partial charge in [-0.3, -0.25) is 9.59 Å². The normalized spacial score (nSPS) is 10.1. The Morgan fingerprint density at radius 2 is 1.38 bits per heavy atom. The molecule has 7 heteroatoms. The summed E-state index contributed by atoms with van der Waals surface area (Å²) in [7, 11) is 1.31. The molecule has 0 saturated heterocycles. The monoisotopic (exact) mass is 389 g/mol. The summed E-state index contributed by atoms with van der Waals surface area (Å²) in [6, 6.07) is 16.8. The van der Waals surface area contributed by atoms with Crippen molar-refractivity contribution in [2.75, 3.05) is 17.7 Å². The minimum absolute atomic E-state index is 0.00789. The minimum atomic E-state index is -0.441. The highest BCUT2D eigenvalue weighted by molar-refractivity contribution is 6.03. The molecule has 0 unspecified atom stereocenters. The predicted octanol–water partition coefficient (Wildman–Crippen LogP) is 4.07. The Morgan fingerprint density at radius 1 is 0.793 bits per heavy atom. The summed E-state index contributed by atoms with van der Waals surface area (Å²) >= 11 is 0. The van der Waals surface area contributed by atoms with Crippen LogP contribution in [0.4, 0.5) is 17.1 Å². The van der Waals surface area contributed by atoms with E-state index in [1.807, 2.05) is 0 Å². The number of nitrogens with zero attached hydrogens (tertiary/aromatic N) is 1. The van der Waals surface area contributed by atoms with Crippen molar-refractivity contribution in [3.05, 3.63) is 83.7 Å². The summed E-state index contributed by atoms with van der Waals surface area (Å²) in [5, 5.41) is 5.88. The highest BCUT2D eigenvalue weighted by Crippen LogP contribution is 2.17. The summed E-state index contributed by atoms with van der Waals surface area (Å²) in [5.74, 6) is -0.801. The SMILES string of the molecule is COC(=O)c1ccc(NC(=O)c2ccc(Nc3ccc(C(C)=O)cc3)cn2)cc1. The molecule has 2 N–H and O–H groups in total. The summed E-state index contributed by atoms with van der Waals surface area (Å²) in [6.07, 6.45) is 1.55. The lowest BCUT2D eigenvalue weighted by atomic mass is 10.1. The molecule has 0 radical (unpaired) electrons. The second kappa shape index (κ2) is 8.79. The van der Waals surface area contributed by atoms with Crippen molar-refractivity contribution in [2.24, 2.45) is 0 Å². The van der Waals surface area contributed by atoms with E-state index in [0.29, 0.717) is 22.5 Å². The van der Waals surface area contributed by atoms with Gasteiger partial charge in [0.05, 0.1) is 24.6 Å². The van der Waals surface area contributed by atoms with E-state index in [2.05, 4.69) is 20.4 Å². The van der Waals surface area contributed by atoms with Crippen LogP contribution in [-0.4, -0.2) is 29.8 Å². The number of Topliss-reactive ketones (excluding diaryl/α,β-unsaturated/α-hetero) is 1. The van der Waals surface area contributed by atoms with Crippen LogP contribution in [0.5, 0.6) is 0 Å². The maximum atomic E-state index is 12.3. The number of esters is 1. The van der Waals surface area contributed by atoms with Gasteiger partial charge >= 0.3 is 5.97 Å². The molecule has 3 rings (SSSR count). The molecule has 146 valence electrons. The first-order valence-electron chi connectivity index (χ1n) is 8.80. The van der Waals surface area contributed by atoms with Gasteiger partial charge in [0.15, 0.2) is 5.78 Å². The summed E-state index contributed by atoms with van der Waals surface area (Å²) in [5.41, 5.74) is 3.34. The molecule has 1 amide bonds. The van der Waals surface area contributed by atoms with Crippen LogP contribution in [0.3, 0.4) is 0 Å². The number of amides is 1. The van der Waals surface area contributed by atoms with Crippen LogP contribution in [0.15, 0.2) is 66.9 Å². The Balaban J connectivity index is 1.62. The number of benzene rings is 2. The molecular formula is C22H19N3O4. The minimum Gasteiger partial charge on any atom is -0.465 e. The molecule has 3 aromatic rings. The van der Waals surface area contributed by atoms with Crippen molar-refractivity contribution in [1.29, 1.82) is 0 Å². The Labute approximate surface area is 167 Å². The standard InChI is InChI=1S/C22H19N3O4/c1-14(26)15-3-7-17(8-4-15)24-19-11-12-20(23-13-19)21(27)25-18-9-5-16(6-10-18)22(28)29-2/h3-13,24H,1-2H3,(H,25,27). The van der Waals surface area contributed by atoms with Crippen LogP contribution in [-0.2, 0) is 4.74 Å². The van der Waals surface area contributed by atoms with Crippen molar-refractivity contribution in [3.63, 3.8) is 0 Å². The lowest BCUT2D eigenvalue weighted by molar-refractivity contribution is 0.0600. The van der Waals surface area contributed by atoms with Crippen molar-refractivity contribution in [1.82, 2.24) is 4.98 Å². The largest absolute Gasteiger partial charge is 0.465 e. The third-order valence-electron chi connectivity index (χ3n) is 4.14. The molecule has 0 spiro atoms. The third-order valence-corrected chi connectivity index (χ3v) is 4.14. The molecule has 2 aromatic carbocycles. The number of carbonyl (C=O) groups excluding carboxylic acids is 3. The molecule has 7 nitrogen and oxygen atoms in total. The fourth-order valence-corrected chi connectivity index (χ4v) is 2.56. The van der Waals surface area contributed by atoms with Crippen molar-refractivity contribution in [2.45, 2.75) is 6.92 Å². The van der Waals surface area contributed by atoms with Gasteiger partial charge in [-0.1, -0.05) is 0 Å². The van der Waals surface area contributed by atoms with Crippen LogP contribution in [0.2, 0.25) is 0 Å². The van der Waals surface area contributed by atoms with Gasteiger partial charge in [-0.15, -0.1) is 0 Å². The molecule has 0 aliphatic rings. The summed E-state index contributed by atoms with van der Waals surface area (Å²) < 4.78 is 4.64. The fourth-order valence-electron chi connectivity index (χ4n) is 2.56. The topological polar surface area (TPSA) is 97.4 Å². The summed E-state index contributed by atoms with van der Waals surface area (Å²) in [6.45, 7) is 1.52. The number of anilines is 3. The zero-order valence-electron chi connectivity index (χ0n) is 15.9. The predicted molar refractivity (Wildman–Crippen MR) is 110 cm³/mol. The molecule has 0 bridgehead atoms. The first-order chi connectivity index (χ1) is 14.0. The van der Waals surface area contributed by atoms with Crippen LogP contribution < -0.4 is 10.6 Å². The van der Waals surface area contributed by atoms with E-state index in [1.54, 1.807) is 66.9 Å². The number of pyridine rings is 1. The smallest absolute Gasteiger partial charge is 0.337 e. The number of hydrogen-bond donors (Lipinski definition) is 2. The van der Waals surface area contributed by atoms with E-state index < -0.39 is 5.97 Å². The van der Waals surface area contributed by atoms with E-state index in [1.165, 1.54) is 14.0 Å². The lowest BCUT2D eigenvalue weighted by Crippen LogP contribution is -2.13. The molecular weight excluding hydrogens is 370 g/mol. The van der Waals surface area contributed by atoms with Gasteiger partial charge < -0.3 is 15.4 Å². The number of ketones is 1. The van der Waals surface area contributed by atoms with Crippen molar-refractivity contribution >= 4 is 34.7 Å². The van der Waals surface area contributed by atoms with Gasteiger partial charge in [0.1, 0.15) is 5.69 Å². The van der Waals surface area contributed by atoms with Gasteiger partial charge in [0.2, 0.25) is 0 Å². The Kier molecular flexibility index (Phi) is 5.99. The first-order valence-corrected chi connectivity index (χ1v) is 8.80. The number of rotatable bonds is 6. The third kappa shape index (κ3) is 5.04. The highest BCUT2D eigenvalue weighted by Gasteiger charge is 2.09. The van der Waals surface area contributed by atoms with Gasteiger partial charge in [-0.05, 0) is 67.6 Å². The molecule has 1 aromatic heterocycles. The van der Waals surface area contributed by atoms with E-state index >= 15 is 0 Å². The Hall–Kier alpha value is -4.00. The Bertz CT molecular complexity index is 1030. The van der Waals surface area contributed by atoms with Crippen LogP contribution >= 0.6 is 0 Å². The average molecular weight is 389 g/mol. The summed E-state index contributed by atoms with van der Waals surface area (Å²) in [4.78, 5) is 39.3. The quantitative estimate of drug-likeness (QED) is 0.487. The van der Waals surface area contributed by atoms with E-state index in [9.17, 15) is 14.4 Å². The number of carbonyl (C=O) groups is 3. The van der Waals surface area contributed by atoms with Gasteiger partial charge in [-0.25, -0.2) is 9.78 Å². The van der Waals surface area contributed by atoms with E-state index in [0.717, 1.165) is 5.69 Å². The van der Waals surface area contributed by atoms with Crippen molar-refractivity contribution in [3.8, 4) is 0 Å². The average Bonchev–Trinajstić information content (AvgIpc) is 2.74. The maximum absolute atomic E-state index is 12.3. The zero-order valence-corrected chi connectivity index (χ0v) is 15.9. The lowest BCUT2D eigenvalue weighted by Gasteiger charge is -2.08. The second-order valence-corrected chi connectivity index (χ2v) is 6.21. The zero-order chi connectivity index (χ0) is 20.8. The number of aromatic nitrogens is 1.